The fourth-order valence-electron chi connectivity index (χ4n) is 2.72. The molecule has 122 valence electrons. The lowest BCUT2D eigenvalue weighted by Gasteiger charge is -2.32. The van der Waals surface area contributed by atoms with Crippen molar-refractivity contribution < 1.29 is 4.92 Å². The second kappa shape index (κ2) is 6.91. The van der Waals surface area contributed by atoms with Crippen LogP contribution in [0.3, 0.4) is 0 Å². The smallest absolute Gasteiger partial charge is 0.305 e. The van der Waals surface area contributed by atoms with Crippen LogP contribution in [0.5, 0.6) is 0 Å². The molecule has 0 unspecified atom stereocenters. The molecule has 2 heterocycles. The molecule has 1 aromatic heterocycles. The standard InChI is InChI=1S/C16H16N6O2/c17-9-12-3-1-2-4-15(12)20-13-5-7-21(8-6-13)16-18-10-14(11-19-16)22(23)24/h1-4,10-11,13,20H,5-8H2. The van der Waals surface area contributed by atoms with E-state index in [1.165, 1.54) is 12.4 Å². The van der Waals surface area contributed by atoms with Crippen molar-refractivity contribution in [2.75, 3.05) is 23.3 Å². The lowest BCUT2D eigenvalue weighted by Crippen LogP contribution is -2.40. The zero-order chi connectivity index (χ0) is 16.9. The number of nitrogens with zero attached hydrogens (tertiary/aromatic N) is 5. The summed E-state index contributed by atoms with van der Waals surface area (Å²) in [6, 6.07) is 9.91. The second-order valence-electron chi connectivity index (χ2n) is 5.56. The zero-order valence-corrected chi connectivity index (χ0v) is 12.9. The van der Waals surface area contributed by atoms with Gasteiger partial charge in [0.15, 0.2) is 0 Å². The number of rotatable bonds is 4. The van der Waals surface area contributed by atoms with Crippen LogP contribution >= 0.6 is 0 Å². The maximum absolute atomic E-state index is 10.6. The molecule has 1 fully saturated rings. The minimum Gasteiger partial charge on any atom is -0.381 e. The van der Waals surface area contributed by atoms with Gasteiger partial charge in [-0.2, -0.15) is 5.26 Å². The minimum absolute atomic E-state index is 0.108. The van der Waals surface area contributed by atoms with Crippen molar-refractivity contribution in [1.29, 1.82) is 5.26 Å². The van der Waals surface area contributed by atoms with Gasteiger partial charge in [0, 0.05) is 19.1 Å². The summed E-state index contributed by atoms with van der Waals surface area (Å²) in [5.74, 6) is 0.511. The Morgan fingerprint density at radius 1 is 1.25 bits per heavy atom. The van der Waals surface area contributed by atoms with Gasteiger partial charge >= 0.3 is 5.69 Å². The van der Waals surface area contributed by atoms with E-state index < -0.39 is 4.92 Å². The predicted molar refractivity (Wildman–Crippen MR) is 88.7 cm³/mol. The van der Waals surface area contributed by atoms with Crippen LogP contribution in [0.25, 0.3) is 0 Å². The summed E-state index contributed by atoms with van der Waals surface area (Å²) < 4.78 is 0. The summed E-state index contributed by atoms with van der Waals surface area (Å²) >= 11 is 0. The lowest BCUT2D eigenvalue weighted by atomic mass is 10.0. The van der Waals surface area contributed by atoms with Crippen LogP contribution in [0.4, 0.5) is 17.3 Å². The first-order valence-electron chi connectivity index (χ1n) is 7.64. The number of aromatic nitrogens is 2. The largest absolute Gasteiger partial charge is 0.381 e. The van der Waals surface area contributed by atoms with Crippen molar-refractivity contribution in [3.63, 3.8) is 0 Å². The highest BCUT2D eigenvalue weighted by Gasteiger charge is 2.22. The Balaban J connectivity index is 1.59. The quantitative estimate of drug-likeness (QED) is 0.679. The Bertz CT molecular complexity index is 763. The molecule has 24 heavy (non-hydrogen) atoms. The molecule has 2 aromatic rings. The number of piperidine rings is 1. The van der Waals surface area contributed by atoms with Crippen LogP contribution in [-0.2, 0) is 0 Å². The van der Waals surface area contributed by atoms with E-state index in [0.29, 0.717) is 11.5 Å². The molecule has 3 rings (SSSR count). The third kappa shape index (κ3) is 3.41. The van der Waals surface area contributed by atoms with Crippen LogP contribution in [0, 0.1) is 21.4 Å². The van der Waals surface area contributed by atoms with E-state index in [-0.39, 0.29) is 11.7 Å². The van der Waals surface area contributed by atoms with Crippen molar-refractivity contribution in [1.82, 2.24) is 9.97 Å². The third-order valence-electron chi connectivity index (χ3n) is 4.02. The molecule has 0 saturated carbocycles. The summed E-state index contributed by atoms with van der Waals surface area (Å²) in [6.45, 7) is 1.51. The Morgan fingerprint density at radius 2 is 1.92 bits per heavy atom. The summed E-state index contributed by atoms with van der Waals surface area (Å²) in [7, 11) is 0. The topological polar surface area (TPSA) is 108 Å². The van der Waals surface area contributed by atoms with Gasteiger partial charge in [0.05, 0.1) is 16.2 Å². The summed E-state index contributed by atoms with van der Waals surface area (Å²) in [5.41, 5.74) is 1.38. The highest BCUT2D eigenvalue weighted by Crippen LogP contribution is 2.22. The van der Waals surface area contributed by atoms with E-state index in [1.54, 1.807) is 6.07 Å². The second-order valence-corrected chi connectivity index (χ2v) is 5.56. The van der Waals surface area contributed by atoms with Crippen molar-refractivity contribution in [2.45, 2.75) is 18.9 Å². The predicted octanol–water partition coefficient (Wildman–Crippen LogP) is 2.34. The van der Waals surface area contributed by atoms with E-state index in [2.05, 4.69) is 21.4 Å². The van der Waals surface area contributed by atoms with Gasteiger partial charge in [-0.15, -0.1) is 0 Å². The molecule has 0 aliphatic carbocycles. The molecule has 0 spiro atoms. The molecule has 0 amide bonds. The van der Waals surface area contributed by atoms with E-state index in [1.807, 2.05) is 23.1 Å². The van der Waals surface area contributed by atoms with Crippen molar-refractivity contribution in [3.05, 3.63) is 52.3 Å². The van der Waals surface area contributed by atoms with Crippen LogP contribution in [0.2, 0.25) is 0 Å². The van der Waals surface area contributed by atoms with Crippen LogP contribution < -0.4 is 10.2 Å². The van der Waals surface area contributed by atoms with Crippen molar-refractivity contribution in [2.24, 2.45) is 0 Å². The molecule has 0 radical (unpaired) electrons. The maximum Gasteiger partial charge on any atom is 0.305 e. The molecule has 1 aliphatic rings. The fourth-order valence-corrected chi connectivity index (χ4v) is 2.72. The minimum atomic E-state index is -0.507. The molecule has 1 saturated heterocycles. The highest BCUT2D eigenvalue weighted by molar-refractivity contribution is 5.57. The van der Waals surface area contributed by atoms with Crippen molar-refractivity contribution >= 4 is 17.3 Å². The van der Waals surface area contributed by atoms with E-state index in [4.69, 9.17) is 5.26 Å². The number of hydrogen-bond donors (Lipinski definition) is 1. The highest BCUT2D eigenvalue weighted by atomic mass is 16.6. The molecular weight excluding hydrogens is 308 g/mol. The summed E-state index contributed by atoms with van der Waals surface area (Å²) in [4.78, 5) is 20.3. The number of nitrogens with one attached hydrogen (secondary N) is 1. The van der Waals surface area contributed by atoms with E-state index in [0.717, 1.165) is 31.6 Å². The van der Waals surface area contributed by atoms with Gasteiger partial charge in [-0.05, 0) is 25.0 Å². The number of benzene rings is 1. The van der Waals surface area contributed by atoms with Crippen molar-refractivity contribution in [3.8, 4) is 6.07 Å². The molecule has 1 aromatic carbocycles. The number of nitriles is 1. The third-order valence-corrected chi connectivity index (χ3v) is 4.02. The molecule has 1 N–H and O–H groups in total. The fraction of sp³-hybridized carbons (Fsp3) is 0.312. The van der Waals surface area contributed by atoms with Gasteiger partial charge in [0.25, 0.3) is 0 Å². The number of nitro groups is 1. The number of anilines is 2. The maximum atomic E-state index is 10.6. The molecule has 0 bridgehead atoms. The SMILES string of the molecule is N#Cc1ccccc1NC1CCN(c2ncc([N+](=O)[O-])cn2)CC1. The first-order chi connectivity index (χ1) is 11.7. The van der Waals surface area contributed by atoms with Gasteiger partial charge in [-0.25, -0.2) is 9.97 Å². The van der Waals surface area contributed by atoms with Gasteiger partial charge in [0.2, 0.25) is 5.95 Å². The summed E-state index contributed by atoms with van der Waals surface area (Å²) in [6.07, 6.45) is 4.21. The van der Waals surface area contributed by atoms with E-state index in [9.17, 15) is 10.1 Å². The average Bonchev–Trinajstić information content (AvgIpc) is 2.63. The van der Waals surface area contributed by atoms with E-state index >= 15 is 0 Å². The first-order valence-corrected chi connectivity index (χ1v) is 7.64. The van der Waals surface area contributed by atoms with Gasteiger partial charge in [-0.1, -0.05) is 12.1 Å². The Labute approximate surface area is 138 Å². The molecule has 8 heteroatoms. The van der Waals surface area contributed by atoms with Crippen LogP contribution in [0.15, 0.2) is 36.7 Å². The van der Waals surface area contributed by atoms with Gasteiger partial charge < -0.3 is 10.2 Å². The lowest BCUT2D eigenvalue weighted by molar-refractivity contribution is -0.385. The van der Waals surface area contributed by atoms with Crippen LogP contribution in [0.1, 0.15) is 18.4 Å². The molecular formula is C16H16N6O2. The van der Waals surface area contributed by atoms with Gasteiger partial charge in [-0.3, -0.25) is 10.1 Å². The molecule has 8 nitrogen and oxygen atoms in total. The summed E-state index contributed by atoms with van der Waals surface area (Å²) in [5, 5.41) is 23.2. The monoisotopic (exact) mass is 324 g/mol. The number of hydrogen-bond acceptors (Lipinski definition) is 7. The molecule has 0 atom stereocenters. The Morgan fingerprint density at radius 3 is 2.54 bits per heavy atom. The van der Waals surface area contributed by atoms with Crippen LogP contribution in [-0.4, -0.2) is 34.0 Å². The molecule has 1 aliphatic heterocycles. The Kier molecular flexibility index (Phi) is 4.52. The van der Waals surface area contributed by atoms with Gasteiger partial charge in [0.1, 0.15) is 18.5 Å². The number of para-hydroxylation sites is 1. The Hall–Kier alpha value is -3.21. The normalized spacial score (nSPS) is 14.9. The average molecular weight is 324 g/mol. The zero-order valence-electron chi connectivity index (χ0n) is 12.9. The first kappa shape index (κ1) is 15.7.